The molecule has 1 heterocycles. The summed E-state index contributed by atoms with van der Waals surface area (Å²) in [6, 6.07) is 0. The van der Waals surface area contributed by atoms with Gasteiger partial charge in [0.1, 0.15) is 12.1 Å². The van der Waals surface area contributed by atoms with Crippen LogP contribution in [0.5, 0.6) is 0 Å². The number of carbonyl (C=O) groups is 1. The van der Waals surface area contributed by atoms with Crippen LogP contribution < -0.4 is 0 Å². The molecule has 5 heteroatoms. The van der Waals surface area contributed by atoms with E-state index in [1.807, 2.05) is 20.8 Å². The van der Waals surface area contributed by atoms with Gasteiger partial charge >= 0.3 is 0 Å². The van der Waals surface area contributed by atoms with Crippen LogP contribution in [0, 0.1) is 5.41 Å². The van der Waals surface area contributed by atoms with Gasteiger partial charge < -0.3 is 0 Å². The first-order valence-electron chi connectivity index (χ1n) is 3.93. The molecule has 0 aliphatic heterocycles. The number of aromatic nitrogens is 2. The number of carbonyl (C=O) groups excluding carboxylic acids is 1. The lowest BCUT2D eigenvalue weighted by Crippen LogP contribution is -2.21. The Morgan fingerprint density at radius 1 is 1.62 bits per heavy atom. The quantitative estimate of drug-likeness (QED) is 0.727. The molecule has 0 radical (unpaired) electrons. The van der Waals surface area contributed by atoms with Crippen molar-refractivity contribution < 1.29 is 4.79 Å². The predicted molar refractivity (Wildman–Crippen MR) is 55.1 cm³/mol. The number of hydrogen-bond donors (Lipinski definition) is 0. The van der Waals surface area contributed by atoms with Crippen LogP contribution in [0.15, 0.2) is 10.7 Å². The highest BCUT2D eigenvalue weighted by Gasteiger charge is 2.21. The highest BCUT2D eigenvalue weighted by Crippen LogP contribution is 2.23. The Morgan fingerprint density at radius 3 is 2.77 bits per heavy atom. The van der Waals surface area contributed by atoms with Crippen molar-refractivity contribution in [3.8, 4) is 0 Å². The summed E-state index contributed by atoms with van der Waals surface area (Å²) in [6.07, 6.45) is 1.51. The molecular formula is C8H12N2OS2. The Morgan fingerprint density at radius 2 is 2.31 bits per heavy atom. The van der Waals surface area contributed by atoms with Crippen molar-refractivity contribution in [2.24, 2.45) is 5.41 Å². The fourth-order valence-electron chi connectivity index (χ4n) is 0.570. The van der Waals surface area contributed by atoms with Gasteiger partial charge in [0.15, 0.2) is 4.34 Å². The molecule has 13 heavy (non-hydrogen) atoms. The zero-order chi connectivity index (χ0) is 9.90. The van der Waals surface area contributed by atoms with E-state index in [-0.39, 0.29) is 11.2 Å². The maximum absolute atomic E-state index is 11.5. The SMILES string of the molecule is CC(C)(C)C(=O)CSc1ncns1. The molecule has 0 fully saturated rings. The van der Waals surface area contributed by atoms with Crippen molar-refractivity contribution >= 4 is 29.1 Å². The smallest absolute Gasteiger partial charge is 0.170 e. The van der Waals surface area contributed by atoms with Crippen LogP contribution in [-0.4, -0.2) is 20.9 Å². The van der Waals surface area contributed by atoms with Gasteiger partial charge in [-0.2, -0.15) is 4.37 Å². The van der Waals surface area contributed by atoms with Gasteiger partial charge in [-0.3, -0.25) is 4.79 Å². The van der Waals surface area contributed by atoms with Gasteiger partial charge in [-0.15, -0.1) is 0 Å². The lowest BCUT2D eigenvalue weighted by molar-refractivity contribution is -0.123. The lowest BCUT2D eigenvalue weighted by atomic mass is 9.92. The molecule has 3 nitrogen and oxygen atoms in total. The van der Waals surface area contributed by atoms with E-state index in [1.165, 1.54) is 29.6 Å². The fourth-order valence-corrected chi connectivity index (χ4v) is 2.18. The van der Waals surface area contributed by atoms with Crippen molar-refractivity contribution in [2.75, 3.05) is 5.75 Å². The highest BCUT2D eigenvalue weighted by molar-refractivity contribution is 8.01. The second-order valence-electron chi connectivity index (χ2n) is 3.67. The average Bonchev–Trinajstić information content (AvgIpc) is 2.50. The second-order valence-corrected chi connectivity index (χ2v) is 5.67. The molecule has 0 unspecified atom stereocenters. The normalized spacial score (nSPS) is 11.6. The monoisotopic (exact) mass is 216 g/mol. The Hall–Kier alpha value is -0.420. The minimum absolute atomic E-state index is 0.243. The van der Waals surface area contributed by atoms with Gasteiger partial charge in [-0.1, -0.05) is 32.5 Å². The highest BCUT2D eigenvalue weighted by atomic mass is 32.2. The van der Waals surface area contributed by atoms with Crippen molar-refractivity contribution in [2.45, 2.75) is 25.1 Å². The Bertz CT molecular complexity index is 277. The summed E-state index contributed by atoms with van der Waals surface area (Å²) < 4.78 is 4.72. The maximum Gasteiger partial charge on any atom is 0.170 e. The van der Waals surface area contributed by atoms with E-state index < -0.39 is 0 Å². The zero-order valence-corrected chi connectivity index (χ0v) is 9.54. The number of rotatable bonds is 3. The molecule has 0 spiro atoms. The Labute approximate surface area is 86.1 Å². The number of ketones is 1. The Balaban J connectivity index is 2.40. The van der Waals surface area contributed by atoms with E-state index in [4.69, 9.17) is 0 Å². The van der Waals surface area contributed by atoms with E-state index in [9.17, 15) is 4.79 Å². The number of thioether (sulfide) groups is 1. The summed E-state index contributed by atoms with van der Waals surface area (Å²) in [5.41, 5.74) is -0.252. The fraction of sp³-hybridized carbons (Fsp3) is 0.625. The van der Waals surface area contributed by atoms with Gasteiger partial charge in [0.05, 0.1) is 5.75 Å². The molecule has 0 amide bonds. The molecule has 0 N–H and O–H groups in total. The largest absolute Gasteiger partial charge is 0.298 e. The first-order chi connectivity index (χ1) is 6.00. The van der Waals surface area contributed by atoms with E-state index in [2.05, 4.69) is 9.36 Å². The summed E-state index contributed by atoms with van der Waals surface area (Å²) in [7, 11) is 0. The molecule has 0 bridgehead atoms. The van der Waals surface area contributed by atoms with Crippen LogP contribution in [0.2, 0.25) is 0 Å². The molecule has 0 aliphatic carbocycles. The predicted octanol–water partition coefficient (Wildman–Crippen LogP) is 2.25. The van der Waals surface area contributed by atoms with Gasteiger partial charge in [-0.05, 0) is 11.5 Å². The van der Waals surface area contributed by atoms with E-state index in [1.54, 1.807) is 0 Å². The molecule has 0 saturated carbocycles. The van der Waals surface area contributed by atoms with E-state index in [0.717, 1.165) is 4.34 Å². The third-order valence-corrected chi connectivity index (χ3v) is 3.30. The van der Waals surface area contributed by atoms with Gasteiger partial charge in [0.25, 0.3) is 0 Å². The molecule has 1 rings (SSSR count). The van der Waals surface area contributed by atoms with Crippen LogP contribution in [0.4, 0.5) is 0 Å². The topological polar surface area (TPSA) is 42.9 Å². The third-order valence-electron chi connectivity index (χ3n) is 1.50. The van der Waals surface area contributed by atoms with Crippen LogP contribution in [-0.2, 0) is 4.79 Å². The van der Waals surface area contributed by atoms with Gasteiger partial charge in [-0.25, -0.2) is 4.98 Å². The molecular weight excluding hydrogens is 204 g/mol. The molecule has 1 aromatic heterocycles. The van der Waals surface area contributed by atoms with Crippen molar-refractivity contribution in [1.29, 1.82) is 0 Å². The summed E-state index contributed by atoms with van der Waals surface area (Å²) >= 11 is 2.78. The standard InChI is InChI=1S/C8H12N2OS2/c1-8(2,3)6(11)4-12-7-9-5-10-13-7/h5H,4H2,1-3H3. The van der Waals surface area contributed by atoms with E-state index >= 15 is 0 Å². The van der Waals surface area contributed by atoms with Gasteiger partial charge in [0, 0.05) is 5.41 Å². The number of Topliss-reactive ketones (excluding diaryl/α,β-unsaturated/α-hetero) is 1. The molecule has 0 aromatic carbocycles. The second kappa shape index (κ2) is 4.19. The van der Waals surface area contributed by atoms with Crippen LogP contribution in [0.25, 0.3) is 0 Å². The summed E-state index contributed by atoms with van der Waals surface area (Å²) in [5, 5.41) is 0. The summed E-state index contributed by atoms with van der Waals surface area (Å²) in [6.45, 7) is 5.78. The molecule has 0 aliphatic rings. The number of hydrogen-bond acceptors (Lipinski definition) is 5. The van der Waals surface area contributed by atoms with Crippen LogP contribution >= 0.6 is 23.3 Å². The first-order valence-corrected chi connectivity index (χ1v) is 5.69. The Kier molecular flexibility index (Phi) is 3.44. The molecule has 1 aromatic rings. The number of nitrogens with zero attached hydrogens (tertiary/aromatic N) is 2. The van der Waals surface area contributed by atoms with Gasteiger partial charge in [0.2, 0.25) is 0 Å². The minimum atomic E-state index is -0.252. The third kappa shape index (κ3) is 3.44. The van der Waals surface area contributed by atoms with E-state index in [0.29, 0.717) is 5.75 Å². The van der Waals surface area contributed by atoms with Crippen molar-refractivity contribution in [1.82, 2.24) is 9.36 Å². The summed E-state index contributed by atoms with van der Waals surface area (Å²) in [5.74, 6) is 0.728. The first kappa shape index (κ1) is 10.7. The average molecular weight is 216 g/mol. The minimum Gasteiger partial charge on any atom is -0.298 e. The molecule has 0 atom stereocenters. The van der Waals surface area contributed by atoms with Crippen molar-refractivity contribution in [3.05, 3.63) is 6.33 Å². The molecule has 72 valence electrons. The zero-order valence-electron chi connectivity index (χ0n) is 7.90. The lowest BCUT2D eigenvalue weighted by Gasteiger charge is -2.15. The van der Waals surface area contributed by atoms with Crippen LogP contribution in [0.3, 0.4) is 0 Å². The van der Waals surface area contributed by atoms with Crippen LogP contribution in [0.1, 0.15) is 20.8 Å². The maximum atomic E-state index is 11.5. The molecule has 0 saturated heterocycles. The van der Waals surface area contributed by atoms with Crippen molar-refractivity contribution in [3.63, 3.8) is 0 Å². The summed E-state index contributed by atoms with van der Waals surface area (Å²) in [4.78, 5) is 15.5.